The van der Waals surface area contributed by atoms with E-state index < -0.39 is 6.10 Å². The van der Waals surface area contributed by atoms with Crippen molar-refractivity contribution in [3.05, 3.63) is 29.8 Å². The summed E-state index contributed by atoms with van der Waals surface area (Å²) in [5.41, 5.74) is 1.04. The number of nitrogens with one attached hydrogen (secondary N) is 2. The lowest BCUT2D eigenvalue weighted by Gasteiger charge is -2.18. The Kier molecular flexibility index (Phi) is 10.7. The van der Waals surface area contributed by atoms with E-state index in [1.807, 2.05) is 38.1 Å². The third-order valence-electron chi connectivity index (χ3n) is 3.05. The first kappa shape index (κ1) is 19.7. The molecule has 0 fully saturated rings. The molecule has 0 bridgehead atoms. The Hall–Kier alpha value is -1.26. The SMILES string of the molecule is CCCNCCNC(=O)C(CC)Oc1ccccc1C.Cl. The van der Waals surface area contributed by atoms with Crippen molar-refractivity contribution in [1.29, 1.82) is 0 Å². The van der Waals surface area contributed by atoms with Crippen molar-refractivity contribution < 1.29 is 9.53 Å². The third kappa shape index (κ3) is 7.34. The van der Waals surface area contributed by atoms with Crippen LogP contribution in [0.5, 0.6) is 5.75 Å². The van der Waals surface area contributed by atoms with Crippen LogP contribution in [0.1, 0.15) is 32.3 Å². The molecule has 2 N–H and O–H groups in total. The number of hydrogen-bond donors (Lipinski definition) is 2. The van der Waals surface area contributed by atoms with Crippen LogP contribution in [-0.4, -0.2) is 31.6 Å². The largest absolute Gasteiger partial charge is 0.480 e. The Morgan fingerprint density at radius 1 is 1.19 bits per heavy atom. The number of ether oxygens (including phenoxy) is 1. The number of amides is 1. The summed E-state index contributed by atoms with van der Waals surface area (Å²) < 4.78 is 5.80. The van der Waals surface area contributed by atoms with E-state index in [0.717, 1.165) is 30.8 Å². The predicted molar refractivity (Wildman–Crippen MR) is 89.3 cm³/mol. The molecule has 0 aliphatic rings. The van der Waals surface area contributed by atoms with Gasteiger partial charge in [-0.05, 0) is 37.9 Å². The first-order chi connectivity index (χ1) is 9.69. The van der Waals surface area contributed by atoms with Crippen molar-refractivity contribution in [2.45, 2.75) is 39.7 Å². The molecule has 4 nitrogen and oxygen atoms in total. The summed E-state index contributed by atoms with van der Waals surface area (Å²) in [5, 5.41) is 6.16. The molecule has 1 aromatic carbocycles. The van der Waals surface area contributed by atoms with Gasteiger partial charge in [-0.1, -0.05) is 32.0 Å². The lowest BCUT2D eigenvalue weighted by Crippen LogP contribution is -2.41. The van der Waals surface area contributed by atoms with Crippen LogP contribution < -0.4 is 15.4 Å². The number of carbonyl (C=O) groups is 1. The highest BCUT2D eigenvalue weighted by Gasteiger charge is 2.18. The molecule has 0 aliphatic heterocycles. The number of para-hydroxylation sites is 1. The van der Waals surface area contributed by atoms with E-state index in [1.54, 1.807) is 0 Å². The Labute approximate surface area is 134 Å². The number of halogens is 1. The lowest BCUT2D eigenvalue weighted by molar-refractivity contribution is -0.128. The highest BCUT2D eigenvalue weighted by Crippen LogP contribution is 2.18. The summed E-state index contributed by atoms with van der Waals surface area (Å²) in [4.78, 5) is 12.1. The van der Waals surface area contributed by atoms with Gasteiger partial charge in [0.15, 0.2) is 6.10 Å². The van der Waals surface area contributed by atoms with Crippen LogP contribution in [0.25, 0.3) is 0 Å². The number of rotatable bonds is 9. The quantitative estimate of drug-likeness (QED) is 0.689. The number of carbonyl (C=O) groups excluding carboxylic acids is 1. The van der Waals surface area contributed by atoms with E-state index in [1.165, 1.54) is 0 Å². The monoisotopic (exact) mass is 314 g/mol. The van der Waals surface area contributed by atoms with Gasteiger partial charge in [0.05, 0.1) is 0 Å². The maximum atomic E-state index is 12.1. The molecular weight excluding hydrogens is 288 g/mol. The zero-order valence-corrected chi connectivity index (χ0v) is 14.0. The molecule has 0 spiro atoms. The van der Waals surface area contributed by atoms with E-state index >= 15 is 0 Å². The summed E-state index contributed by atoms with van der Waals surface area (Å²) in [6, 6.07) is 7.76. The predicted octanol–water partition coefficient (Wildman–Crippen LogP) is 2.69. The summed E-state index contributed by atoms with van der Waals surface area (Å²) in [6.07, 6.45) is 1.33. The van der Waals surface area contributed by atoms with Crippen LogP contribution in [0.3, 0.4) is 0 Å². The zero-order valence-electron chi connectivity index (χ0n) is 13.1. The molecule has 120 valence electrons. The highest BCUT2D eigenvalue weighted by atomic mass is 35.5. The number of hydrogen-bond acceptors (Lipinski definition) is 3. The average Bonchev–Trinajstić information content (AvgIpc) is 2.46. The minimum Gasteiger partial charge on any atom is -0.480 e. The van der Waals surface area contributed by atoms with E-state index in [0.29, 0.717) is 13.0 Å². The molecule has 21 heavy (non-hydrogen) atoms. The Morgan fingerprint density at radius 3 is 2.52 bits per heavy atom. The fourth-order valence-corrected chi connectivity index (χ4v) is 1.85. The van der Waals surface area contributed by atoms with Gasteiger partial charge in [0.1, 0.15) is 5.75 Å². The highest BCUT2D eigenvalue weighted by molar-refractivity contribution is 5.85. The third-order valence-corrected chi connectivity index (χ3v) is 3.05. The van der Waals surface area contributed by atoms with Crippen molar-refractivity contribution in [3.8, 4) is 5.75 Å². The first-order valence-electron chi connectivity index (χ1n) is 7.39. The Morgan fingerprint density at radius 2 is 1.90 bits per heavy atom. The standard InChI is InChI=1S/C16H26N2O2.ClH/c1-4-10-17-11-12-18-16(19)14(5-2)20-15-9-7-6-8-13(15)3;/h6-9,14,17H,4-5,10-12H2,1-3H3,(H,18,19);1H. The molecule has 0 aliphatic carbocycles. The van der Waals surface area contributed by atoms with Gasteiger partial charge < -0.3 is 15.4 Å². The molecule has 0 saturated heterocycles. The second-order valence-corrected chi connectivity index (χ2v) is 4.82. The van der Waals surface area contributed by atoms with Gasteiger partial charge in [-0.25, -0.2) is 0 Å². The summed E-state index contributed by atoms with van der Waals surface area (Å²) in [5.74, 6) is 0.729. The van der Waals surface area contributed by atoms with E-state index in [4.69, 9.17) is 4.74 Å². The van der Waals surface area contributed by atoms with Crippen LogP contribution in [0.4, 0.5) is 0 Å². The van der Waals surface area contributed by atoms with Gasteiger partial charge in [-0.2, -0.15) is 0 Å². The van der Waals surface area contributed by atoms with Gasteiger partial charge in [-0.3, -0.25) is 4.79 Å². The molecule has 0 radical (unpaired) electrons. The van der Waals surface area contributed by atoms with Gasteiger partial charge >= 0.3 is 0 Å². The van der Waals surface area contributed by atoms with Gasteiger partial charge in [0.2, 0.25) is 0 Å². The molecule has 1 aromatic rings. The van der Waals surface area contributed by atoms with Gasteiger partial charge in [0, 0.05) is 13.1 Å². The molecule has 0 heterocycles. The molecule has 1 unspecified atom stereocenters. The minimum absolute atomic E-state index is 0. The number of benzene rings is 1. The maximum absolute atomic E-state index is 12.1. The first-order valence-corrected chi connectivity index (χ1v) is 7.39. The molecule has 0 saturated carbocycles. The Balaban J connectivity index is 0.00000400. The maximum Gasteiger partial charge on any atom is 0.261 e. The second-order valence-electron chi connectivity index (χ2n) is 4.82. The molecule has 0 aromatic heterocycles. The summed E-state index contributed by atoms with van der Waals surface area (Å²) >= 11 is 0. The van der Waals surface area contributed by atoms with Crippen LogP contribution in [0, 0.1) is 6.92 Å². The van der Waals surface area contributed by atoms with Crippen LogP contribution in [-0.2, 0) is 4.79 Å². The smallest absolute Gasteiger partial charge is 0.261 e. The van der Waals surface area contributed by atoms with Gasteiger partial charge in [-0.15, -0.1) is 12.4 Å². The fourth-order valence-electron chi connectivity index (χ4n) is 1.85. The van der Waals surface area contributed by atoms with Crippen LogP contribution in [0.2, 0.25) is 0 Å². The van der Waals surface area contributed by atoms with Crippen molar-refractivity contribution in [2.24, 2.45) is 0 Å². The molecule has 1 atom stereocenters. The van der Waals surface area contributed by atoms with Crippen molar-refractivity contribution >= 4 is 18.3 Å². The average molecular weight is 315 g/mol. The molecule has 1 amide bonds. The Bertz CT molecular complexity index is 413. The molecular formula is C16H27ClN2O2. The summed E-state index contributed by atoms with van der Waals surface area (Å²) in [7, 11) is 0. The van der Waals surface area contributed by atoms with E-state index in [2.05, 4.69) is 17.6 Å². The topological polar surface area (TPSA) is 50.4 Å². The van der Waals surface area contributed by atoms with Crippen molar-refractivity contribution in [2.75, 3.05) is 19.6 Å². The lowest BCUT2D eigenvalue weighted by atomic mass is 10.2. The molecule has 1 rings (SSSR count). The normalized spacial score (nSPS) is 11.4. The van der Waals surface area contributed by atoms with E-state index in [9.17, 15) is 4.79 Å². The van der Waals surface area contributed by atoms with Crippen molar-refractivity contribution in [1.82, 2.24) is 10.6 Å². The van der Waals surface area contributed by atoms with Crippen LogP contribution >= 0.6 is 12.4 Å². The van der Waals surface area contributed by atoms with Gasteiger partial charge in [0.25, 0.3) is 5.91 Å². The minimum atomic E-state index is -0.428. The number of aryl methyl sites for hydroxylation is 1. The van der Waals surface area contributed by atoms with Crippen LogP contribution in [0.15, 0.2) is 24.3 Å². The second kappa shape index (κ2) is 11.4. The molecule has 5 heteroatoms. The zero-order chi connectivity index (χ0) is 14.8. The summed E-state index contributed by atoms with van der Waals surface area (Å²) in [6.45, 7) is 8.46. The van der Waals surface area contributed by atoms with E-state index in [-0.39, 0.29) is 18.3 Å². The van der Waals surface area contributed by atoms with Crippen molar-refractivity contribution in [3.63, 3.8) is 0 Å². The fraction of sp³-hybridized carbons (Fsp3) is 0.562.